The summed E-state index contributed by atoms with van der Waals surface area (Å²) in [5.41, 5.74) is 11.1. The number of nitrogens with zero attached hydrogens (tertiary/aromatic N) is 10. The summed E-state index contributed by atoms with van der Waals surface area (Å²) < 4.78 is 0. The van der Waals surface area contributed by atoms with Gasteiger partial charge in [-0.15, -0.1) is 0 Å². The molecule has 0 bridgehead atoms. The number of anilines is 6. The number of nitriles is 4. The van der Waals surface area contributed by atoms with E-state index >= 15 is 0 Å². The van der Waals surface area contributed by atoms with Crippen LogP contribution < -0.4 is 9.80 Å². The number of rotatable bonds is 6. The molecule has 10 nitrogen and oxygen atoms in total. The van der Waals surface area contributed by atoms with Crippen molar-refractivity contribution in [1.29, 1.82) is 21.0 Å². The molecule has 0 saturated heterocycles. The Labute approximate surface area is 356 Å². The molecule has 2 aromatic heterocycles. The number of para-hydroxylation sites is 2. The molecule has 1 aliphatic rings. The highest BCUT2D eigenvalue weighted by atomic mass is 15.4. The van der Waals surface area contributed by atoms with Crippen molar-refractivity contribution < 1.29 is 0 Å². The van der Waals surface area contributed by atoms with Crippen LogP contribution in [0.2, 0.25) is 0 Å². The van der Waals surface area contributed by atoms with Crippen LogP contribution in [0.5, 0.6) is 0 Å². The maximum absolute atomic E-state index is 9.65. The first kappa shape index (κ1) is 36.8. The number of hydrogen-bond acceptors (Lipinski definition) is 10. The molecule has 0 unspecified atom stereocenters. The Kier molecular flexibility index (Phi) is 9.13. The van der Waals surface area contributed by atoms with Gasteiger partial charge in [-0.1, -0.05) is 84.9 Å². The zero-order chi connectivity index (χ0) is 42.2. The average Bonchev–Trinajstić information content (AvgIpc) is 3.35. The van der Waals surface area contributed by atoms with E-state index in [1.807, 2.05) is 131 Å². The van der Waals surface area contributed by atoms with Crippen LogP contribution in [-0.4, -0.2) is 19.9 Å². The van der Waals surface area contributed by atoms with E-state index < -0.39 is 0 Å². The zero-order valence-electron chi connectivity index (χ0n) is 32.6. The van der Waals surface area contributed by atoms with Crippen LogP contribution in [0.1, 0.15) is 22.3 Å². The van der Waals surface area contributed by atoms with Gasteiger partial charge in [-0.2, -0.15) is 21.0 Å². The Hall–Kier alpha value is -9.48. The van der Waals surface area contributed by atoms with Crippen LogP contribution in [0.25, 0.3) is 55.8 Å². The van der Waals surface area contributed by atoms with Crippen LogP contribution in [0.4, 0.5) is 34.6 Å². The van der Waals surface area contributed by atoms with Gasteiger partial charge < -0.3 is 0 Å². The van der Waals surface area contributed by atoms with Crippen molar-refractivity contribution in [2.75, 3.05) is 9.80 Å². The van der Waals surface area contributed by atoms with Crippen molar-refractivity contribution in [3.05, 3.63) is 192 Å². The maximum Gasteiger partial charge on any atom is 0.183 e. The third kappa shape index (κ3) is 6.46. The van der Waals surface area contributed by atoms with Crippen LogP contribution in [-0.2, 0) is 0 Å². The number of fused-ring (bicyclic) bond motifs is 3. The predicted molar refractivity (Wildman–Crippen MR) is 239 cm³/mol. The van der Waals surface area contributed by atoms with Gasteiger partial charge in [0.1, 0.15) is 0 Å². The van der Waals surface area contributed by atoms with Gasteiger partial charge in [-0.25, -0.2) is 19.9 Å². The number of benzene rings is 7. The van der Waals surface area contributed by atoms with E-state index in [9.17, 15) is 21.0 Å². The second-order valence-electron chi connectivity index (χ2n) is 14.4. The smallest absolute Gasteiger partial charge is 0.183 e. The first-order chi connectivity index (χ1) is 30.5. The lowest BCUT2D eigenvalue weighted by Gasteiger charge is -2.37. The Morgan fingerprint density at radius 1 is 0.323 bits per heavy atom. The highest BCUT2D eigenvalue weighted by Gasteiger charge is 2.37. The molecule has 62 heavy (non-hydrogen) atoms. The molecular weight excluding hydrogens is 765 g/mol. The van der Waals surface area contributed by atoms with Crippen molar-refractivity contribution >= 4 is 45.7 Å². The fourth-order valence-electron chi connectivity index (χ4n) is 7.68. The first-order valence-electron chi connectivity index (χ1n) is 19.5. The molecule has 0 N–H and O–H groups in total. The van der Waals surface area contributed by atoms with Gasteiger partial charge in [-0.3, -0.25) is 9.80 Å². The third-order valence-electron chi connectivity index (χ3n) is 10.7. The minimum absolute atomic E-state index is 0.500. The third-order valence-corrected chi connectivity index (χ3v) is 10.7. The Morgan fingerprint density at radius 3 is 0.919 bits per heavy atom. The second kappa shape index (κ2) is 15.4. The van der Waals surface area contributed by atoms with E-state index in [0.717, 1.165) is 44.8 Å². The van der Waals surface area contributed by atoms with E-state index in [4.69, 9.17) is 19.9 Å². The summed E-state index contributed by atoms with van der Waals surface area (Å²) in [4.78, 5) is 25.8. The van der Waals surface area contributed by atoms with Crippen LogP contribution in [0.15, 0.2) is 170 Å². The van der Waals surface area contributed by atoms with Gasteiger partial charge in [0.05, 0.1) is 69.0 Å². The molecule has 0 saturated carbocycles. The summed E-state index contributed by atoms with van der Waals surface area (Å²) in [7, 11) is 0. The summed E-state index contributed by atoms with van der Waals surface area (Å²) in [6.45, 7) is 0. The fourth-order valence-corrected chi connectivity index (χ4v) is 7.68. The van der Waals surface area contributed by atoms with Gasteiger partial charge >= 0.3 is 0 Å². The lowest BCUT2D eigenvalue weighted by molar-refractivity contribution is 1.01. The second-order valence-corrected chi connectivity index (χ2v) is 14.4. The standard InChI is InChI=1S/C52H28N10/c53-29-33-11-19-37(20-12-33)43-27-45-46(28-44(43)38-21-13-34(30-54)14-22-38)58-50-49(57-45)61(41-7-3-1-4-8-41)51-52(62(50)42-9-5-2-6-10-42)60-48(40-25-17-36(32-56)18-26-40)47(59-51)39-23-15-35(31-55)16-24-39/h1-28H. The molecule has 0 atom stereocenters. The van der Waals surface area contributed by atoms with E-state index in [1.54, 1.807) is 48.5 Å². The molecule has 286 valence electrons. The molecule has 10 heteroatoms. The van der Waals surface area contributed by atoms with Crippen molar-refractivity contribution in [2.24, 2.45) is 0 Å². The molecule has 0 amide bonds. The van der Waals surface area contributed by atoms with Crippen molar-refractivity contribution in [3.8, 4) is 69.0 Å². The van der Waals surface area contributed by atoms with Gasteiger partial charge in [0.25, 0.3) is 0 Å². The Balaban J connectivity index is 1.29. The summed E-state index contributed by atoms with van der Waals surface area (Å²) in [5.74, 6) is 2.03. The van der Waals surface area contributed by atoms with Gasteiger partial charge in [0, 0.05) is 22.5 Å². The van der Waals surface area contributed by atoms with E-state index in [2.05, 4.69) is 24.3 Å². The largest absolute Gasteiger partial charge is 0.273 e. The van der Waals surface area contributed by atoms with E-state index in [1.165, 1.54) is 0 Å². The summed E-state index contributed by atoms with van der Waals surface area (Å²) in [5, 5.41) is 38.5. The summed E-state index contributed by atoms with van der Waals surface area (Å²) in [6, 6.07) is 62.0. The lowest BCUT2D eigenvalue weighted by atomic mass is 9.93. The van der Waals surface area contributed by atoms with Crippen LogP contribution in [0.3, 0.4) is 0 Å². The molecule has 1 aliphatic heterocycles. The number of aromatic nitrogens is 4. The SMILES string of the molecule is N#Cc1ccc(-c2cc3nc4c(nc3cc2-c2ccc(C#N)cc2)N(c2ccccc2)c2nc(-c3ccc(C#N)cc3)c(-c3ccc(C#N)cc3)nc2N4c2ccccc2)cc1. The Morgan fingerprint density at radius 2 is 0.613 bits per heavy atom. The predicted octanol–water partition coefficient (Wildman–Crippen LogP) is 11.8. The van der Waals surface area contributed by atoms with Crippen LogP contribution >= 0.6 is 0 Å². The first-order valence-corrected chi connectivity index (χ1v) is 19.5. The molecule has 0 radical (unpaired) electrons. The van der Waals surface area contributed by atoms with E-state index in [-0.39, 0.29) is 0 Å². The fraction of sp³-hybridized carbons (Fsp3) is 0. The molecule has 9 aromatic rings. The minimum Gasteiger partial charge on any atom is -0.273 e. The summed E-state index contributed by atoms with van der Waals surface area (Å²) in [6.07, 6.45) is 0. The average molecular weight is 793 g/mol. The highest BCUT2D eigenvalue weighted by molar-refractivity contribution is 6.02. The van der Waals surface area contributed by atoms with Gasteiger partial charge in [-0.05, 0) is 107 Å². The van der Waals surface area contributed by atoms with Crippen molar-refractivity contribution in [3.63, 3.8) is 0 Å². The number of hydrogen-bond donors (Lipinski definition) is 0. The Bertz CT molecular complexity index is 3130. The maximum atomic E-state index is 9.65. The molecule has 0 spiro atoms. The monoisotopic (exact) mass is 792 g/mol. The molecule has 10 rings (SSSR count). The molecule has 0 aliphatic carbocycles. The van der Waals surface area contributed by atoms with Crippen molar-refractivity contribution in [1.82, 2.24) is 19.9 Å². The topological polar surface area (TPSA) is 153 Å². The minimum atomic E-state index is 0.500. The molecule has 0 fully saturated rings. The van der Waals surface area contributed by atoms with E-state index in [0.29, 0.717) is 67.9 Å². The highest BCUT2D eigenvalue weighted by Crippen LogP contribution is 2.53. The quantitative estimate of drug-likeness (QED) is 0.159. The summed E-state index contributed by atoms with van der Waals surface area (Å²) >= 11 is 0. The lowest BCUT2D eigenvalue weighted by Crippen LogP contribution is -2.28. The van der Waals surface area contributed by atoms with Gasteiger partial charge in [0.15, 0.2) is 23.3 Å². The molecular formula is C52H28N10. The molecule has 3 heterocycles. The van der Waals surface area contributed by atoms with Gasteiger partial charge in [0.2, 0.25) is 0 Å². The van der Waals surface area contributed by atoms with Crippen LogP contribution in [0, 0.1) is 45.3 Å². The normalized spacial score (nSPS) is 11.4. The zero-order valence-corrected chi connectivity index (χ0v) is 32.6. The van der Waals surface area contributed by atoms with Crippen molar-refractivity contribution in [2.45, 2.75) is 0 Å². The molecule has 7 aromatic carbocycles.